The van der Waals surface area contributed by atoms with Crippen LogP contribution < -0.4 is 10.9 Å². The zero-order valence-corrected chi connectivity index (χ0v) is 23.0. The summed E-state index contributed by atoms with van der Waals surface area (Å²) in [4.78, 5) is 55.5. The molecule has 1 saturated carbocycles. The van der Waals surface area contributed by atoms with Crippen molar-refractivity contribution in [3.05, 3.63) is 68.7 Å². The molecule has 0 radical (unpaired) electrons. The number of H-pyrrole nitrogens is 1. The number of carbonyl (C=O) groups excluding carboxylic acids is 3. The SMILES string of the molecule is CC(C)(C)OC(=O)N1CCC(c2cc(=O)[nH]c3c(C(=O)NCC(=O)C4(c5ccc(Cl)cc5)CC4)cnn23)CC1. The first kappa shape index (κ1) is 26.9. The fourth-order valence-electron chi connectivity index (χ4n) is 5.20. The summed E-state index contributed by atoms with van der Waals surface area (Å²) in [6.07, 6.45) is 3.75. The van der Waals surface area contributed by atoms with Gasteiger partial charge in [0, 0.05) is 30.1 Å². The second kappa shape index (κ2) is 10.1. The lowest BCUT2D eigenvalue weighted by Gasteiger charge is -2.33. The maximum Gasteiger partial charge on any atom is 0.410 e. The zero-order valence-electron chi connectivity index (χ0n) is 22.3. The summed E-state index contributed by atoms with van der Waals surface area (Å²) in [5, 5.41) is 7.70. The topological polar surface area (TPSA) is 126 Å². The number of hydrogen-bond donors (Lipinski definition) is 2. The number of benzene rings is 1. The van der Waals surface area contributed by atoms with Crippen LogP contribution in [0.2, 0.25) is 5.02 Å². The highest BCUT2D eigenvalue weighted by Gasteiger charge is 2.50. The zero-order chi connectivity index (χ0) is 27.9. The number of ether oxygens (including phenoxy) is 1. The monoisotopic (exact) mass is 553 g/mol. The van der Waals surface area contributed by atoms with Gasteiger partial charge in [-0.25, -0.2) is 9.31 Å². The molecule has 2 fully saturated rings. The first-order valence-corrected chi connectivity index (χ1v) is 13.5. The van der Waals surface area contributed by atoms with Crippen molar-refractivity contribution in [3.8, 4) is 0 Å². The van der Waals surface area contributed by atoms with Crippen LogP contribution in [0, 0.1) is 0 Å². The van der Waals surface area contributed by atoms with Crippen molar-refractivity contribution in [3.63, 3.8) is 0 Å². The van der Waals surface area contributed by atoms with Gasteiger partial charge in [-0.15, -0.1) is 0 Å². The lowest BCUT2D eigenvalue weighted by Crippen LogP contribution is -2.41. The molecule has 1 aromatic carbocycles. The summed E-state index contributed by atoms with van der Waals surface area (Å²) in [5.74, 6) is -0.585. The number of nitrogens with zero attached hydrogens (tertiary/aromatic N) is 3. The maximum absolute atomic E-state index is 13.1. The van der Waals surface area contributed by atoms with Crippen molar-refractivity contribution in [1.82, 2.24) is 24.8 Å². The van der Waals surface area contributed by atoms with Crippen molar-refractivity contribution < 1.29 is 19.1 Å². The molecule has 1 aliphatic carbocycles. The number of rotatable bonds is 6. The Balaban J connectivity index is 1.27. The van der Waals surface area contributed by atoms with Gasteiger partial charge in [0.2, 0.25) is 0 Å². The second-order valence-corrected chi connectivity index (χ2v) is 11.8. The number of halogens is 1. The van der Waals surface area contributed by atoms with E-state index in [0.717, 1.165) is 18.4 Å². The molecule has 5 rings (SSSR count). The highest BCUT2D eigenvalue weighted by atomic mass is 35.5. The van der Waals surface area contributed by atoms with Crippen molar-refractivity contribution in [2.45, 2.75) is 63.4 Å². The number of likely N-dealkylation sites (tertiary alicyclic amines) is 1. The average Bonchev–Trinajstić information content (AvgIpc) is 3.59. The van der Waals surface area contributed by atoms with Gasteiger partial charge in [0.25, 0.3) is 11.5 Å². The van der Waals surface area contributed by atoms with Crippen LogP contribution in [0.3, 0.4) is 0 Å². The van der Waals surface area contributed by atoms with Crippen molar-refractivity contribution in [1.29, 1.82) is 0 Å². The molecule has 0 unspecified atom stereocenters. The summed E-state index contributed by atoms with van der Waals surface area (Å²) < 4.78 is 7.04. The first-order valence-electron chi connectivity index (χ1n) is 13.1. The highest BCUT2D eigenvalue weighted by Crippen LogP contribution is 2.49. The molecule has 3 aromatic rings. The van der Waals surface area contributed by atoms with Crippen LogP contribution in [0.25, 0.3) is 5.65 Å². The standard InChI is InChI=1S/C28H32ClN5O5/c1-27(2,3)39-26(38)33-12-8-17(9-13-33)21-14-23(36)32-24-20(15-31-34(21)24)25(37)30-16-22(35)28(10-11-28)18-4-6-19(29)7-5-18/h4-7,14-15,17H,8-13,16H2,1-3H3,(H,30,37)(H,32,36). The molecular formula is C28H32ClN5O5. The van der Waals surface area contributed by atoms with Gasteiger partial charge in [-0.3, -0.25) is 14.4 Å². The van der Waals surface area contributed by atoms with Crippen LogP contribution in [0.15, 0.2) is 41.3 Å². The van der Waals surface area contributed by atoms with Crippen LogP contribution in [0.4, 0.5) is 4.79 Å². The van der Waals surface area contributed by atoms with Crippen molar-refractivity contribution in [2.75, 3.05) is 19.6 Å². The molecule has 0 spiro atoms. The molecule has 2 aromatic heterocycles. The third kappa shape index (κ3) is 5.56. The number of fused-ring (bicyclic) bond motifs is 1. The minimum atomic E-state index is -0.589. The third-order valence-electron chi connectivity index (χ3n) is 7.43. The van der Waals surface area contributed by atoms with Gasteiger partial charge in [-0.1, -0.05) is 23.7 Å². The number of aromatic amines is 1. The van der Waals surface area contributed by atoms with E-state index in [9.17, 15) is 19.2 Å². The predicted molar refractivity (Wildman–Crippen MR) is 145 cm³/mol. The lowest BCUT2D eigenvalue weighted by molar-refractivity contribution is -0.120. The molecule has 1 aliphatic heterocycles. The van der Waals surface area contributed by atoms with Gasteiger partial charge in [0.15, 0.2) is 5.78 Å². The van der Waals surface area contributed by atoms with Gasteiger partial charge in [-0.05, 0) is 64.2 Å². The molecule has 0 atom stereocenters. The van der Waals surface area contributed by atoms with Crippen LogP contribution in [-0.2, 0) is 14.9 Å². The minimum Gasteiger partial charge on any atom is -0.444 e. The molecule has 2 aliphatic rings. The third-order valence-corrected chi connectivity index (χ3v) is 7.69. The number of hydrogen-bond acceptors (Lipinski definition) is 6. The van der Waals surface area contributed by atoms with Gasteiger partial charge >= 0.3 is 6.09 Å². The Bertz CT molecular complexity index is 1470. The summed E-state index contributed by atoms with van der Waals surface area (Å²) in [6.45, 7) is 6.33. The lowest BCUT2D eigenvalue weighted by atomic mass is 9.91. The minimum absolute atomic E-state index is 0.0278. The molecule has 0 bridgehead atoms. The Hall–Kier alpha value is -3.66. The molecule has 2 amide bonds. The normalized spacial score (nSPS) is 17.2. The Morgan fingerprint density at radius 1 is 1.15 bits per heavy atom. The number of Topliss-reactive ketones (excluding diaryl/α,β-unsaturated/α-hetero) is 1. The van der Waals surface area contributed by atoms with Gasteiger partial charge in [-0.2, -0.15) is 5.10 Å². The quantitative estimate of drug-likeness (QED) is 0.478. The van der Waals surface area contributed by atoms with Gasteiger partial charge < -0.3 is 19.9 Å². The number of ketones is 1. The molecule has 39 heavy (non-hydrogen) atoms. The van der Waals surface area contributed by atoms with E-state index in [2.05, 4.69) is 15.4 Å². The number of amides is 2. The predicted octanol–water partition coefficient (Wildman–Crippen LogP) is 3.82. The molecule has 2 N–H and O–H groups in total. The van der Waals surface area contributed by atoms with Crippen LogP contribution in [0.5, 0.6) is 0 Å². The van der Waals surface area contributed by atoms with Gasteiger partial charge in [0.05, 0.1) is 23.9 Å². The Labute approximate surface area is 230 Å². The Morgan fingerprint density at radius 3 is 2.44 bits per heavy atom. The second-order valence-electron chi connectivity index (χ2n) is 11.3. The molecule has 1 saturated heterocycles. The van der Waals surface area contributed by atoms with Crippen molar-refractivity contribution in [2.24, 2.45) is 0 Å². The van der Waals surface area contributed by atoms with E-state index in [0.29, 0.717) is 36.6 Å². The number of nitrogens with one attached hydrogen (secondary N) is 2. The van der Waals surface area contributed by atoms with E-state index in [1.165, 1.54) is 12.3 Å². The fourth-order valence-corrected chi connectivity index (χ4v) is 5.33. The summed E-state index contributed by atoms with van der Waals surface area (Å²) in [5.41, 5.74) is 0.520. The fraction of sp³-hybridized carbons (Fsp3) is 0.464. The molecule has 10 nitrogen and oxygen atoms in total. The Kier molecular flexibility index (Phi) is 7.00. The van der Waals surface area contributed by atoms with Crippen LogP contribution in [0.1, 0.15) is 74.0 Å². The molecular weight excluding hydrogens is 522 g/mol. The smallest absolute Gasteiger partial charge is 0.410 e. The van der Waals surface area contributed by atoms with E-state index in [1.54, 1.807) is 21.5 Å². The van der Waals surface area contributed by atoms with Gasteiger partial charge in [0.1, 0.15) is 16.8 Å². The van der Waals surface area contributed by atoms with E-state index in [4.69, 9.17) is 16.3 Å². The highest BCUT2D eigenvalue weighted by molar-refractivity contribution is 6.30. The molecule has 206 valence electrons. The van der Waals surface area contributed by atoms with Crippen LogP contribution >= 0.6 is 11.6 Å². The first-order chi connectivity index (χ1) is 18.5. The van der Waals surface area contributed by atoms with E-state index in [-0.39, 0.29) is 41.1 Å². The van der Waals surface area contributed by atoms with E-state index in [1.807, 2.05) is 32.9 Å². The summed E-state index contributed by atoms with van der Waals surface area (Å²) >= 11 is 5.98. The maximum atomic E-state index is 13.1. The average molecular weight is 554 g/mol. The summed E-state index contributed by atoms with van der Waals surface area (Å²) in [7, 11) is 0. The number of aromatic nitrogens is 3. The largest absolute Gasteiger partial charge is 0.444 e. The molecule has 11 heteroatoms. The van der Waals surface area contributed by atoms with E-state index < -0.39 is 16.9 Å². The van der Waals surface area contributed by atoms with Crippen molar-refractivity contribution >= 4 is 35.0 Å². The molecule has 3 heterocycles. The van der Waals surface area contributed by atoms with E-state index >= 15 is 0 Å². The number of carbonyl (C=O) groups is 3. The summed E-state index contributed by atoms with van der Waals surface area (Å²) in [6, 6.07) is 8.71. The Morgan fingerprint density at radius 2 is 1.82 bits per heavy atom. The van der Waals surface area contributed by atoms with Crippen LogP contribution in [-0.4, -0.2) is 62.5 Å². The number of piperidine rings is 1.